The van der Waals surface area contributed by atoms with Crippen LogP contribution in [0.5, 0.6) is 0 Å². The predicted molar refractivity (Wildman–Crippen MR) is 83.7 cm³/mol. The molecule has 2 rings (SSSR count). The van der Waals surface area contributed by atoms with Crippen molar-refractivity contribution in [2.75, 3.05) is 0 Å². The molecule has 0 aliphatic heterocycles. The van der Waals surface area contributed by atoms with E-state index < -0.39 is 10.8 Å². The quantitative estimate of drug-likeness (QED) is 0.518. The van der Waals surface area contributed by atoms with Crippen molar-refractivity contribution >= 4 is 17.8 Å². The normalized spacial score (nSPS) is 10.2. The van der Waals surface area contributed by atoms with Crippen LogP contribution in [-0.4, -0.2) is 17.0 Å². The van der Waals surface area contributed by atoms with E-state index in [-0.39, 0.29) is 12.1 Å². The Bertz CT molecular complexity index is 792. The number of rotatable bonds is 5. The fraction of sp³-hybridized carbons (Fsp3) is 0.0625. The Hall–Kier alpha value is -3.53. The highest BCUT2D eigenvalue weighted by molar-refractivity contribution is 5.83. The Morgan fingerprint density at radius 1 is 1.26 bits per heavy atom. The lowest BCUT2D eigenvalue weighted by Gasteiger charge is -2.01. The third-order valence-electron chi connectivity index (χ3n) is 2.98. The second-order valence-corrected chi connectivity index (χ2v) is 4.59. The number of carbonyl (C=O) groups is 1. The highest BCUT2D eigenvalue weighted by atomic mass is 16.6. The van der Waals surface area contributed by atoms with Crippen LogP contribution in [0.15, 0.2) is 53.6 Å². The summed E-state index contributed by atoms with van der Waals surface area (Å²) in [6.07, 6.45) is 1.29. The molecule has 23 heavy (non-hydrogen) atoms. The van der Waals surface area contributed by atoms with Gasteiger partial charge < -0.3 is 0 Å². The minimum Gasteiger partial charge on any atom is -0.273 e. The zero-order valence-electron chi connectivity index (χ0n) is 12.0. The van der Waals surface area contributed by atoms with Gasteiger partial charge in [0.25, 0.3) is 5.69 Å². The van der Waals surface area contributed by atoms with E-state index in [9.17, 15) is 14.9 Å². The number of benzene rings is 2. The maximum atomic E-state index is 11.8. The number of para-hydroxylation sites is 1. The summed E-state index contributed by atoms with van der Waals surface area (Å²) in [6.45, 7) is 0. The van der Waals surface area contributed by atoms with Crippen molar-refractivity contribution in [3.05, 3.63) is 75.3 Å². The van der Waals surface area contributed by atoms with E-state index in [1.807, 2.05) is 6.07 Å². The molecule has 0 radical (unpaired) electrons. The number of nitro groups is 1. The molecule has 0 fully saturated rings. The van der Waals surface area contributed by atoms with Gasteiger partial charge in [0.05, 0.1) is 29.2 Å². The van der Waals surface area contributed by atoms with Gasteiger partial charge in [-0.25, -0.2) is 5.43 Å². The summed E-state index contributed by atoms with van der Waals surface area (Å²) in [5.41, 5.74) is 3.79. The van der Waals surface area contributed by atoms with Crippen LogP contribution in [0, 0.1) is 21.4 Å². The molecule has 0 saturated carbocycles. The van der Waals surface area contributed by atoms with Gasteiger partial charge in [0.1, 0.15) is 0 Å². The number of nitrogens with zero attached hydrogens (tertiary/aromatic N) is 3. The van der Waals surface area contributed by atoms with Gasteiger partial charge in [0.15, 0.2) is 0 Å². The number of nitro benzene ring substituents is 1. The lowest BCUT2D eigenvalue weighted by atomic mass is 10.1. The fourth-order valence-electron chi connectivity index (χ4n) is 1.87. The van der Waals surface area contributed by atoms with Crippen LogP contribution in [0.4, 0.5) is 5.69 Å². The van der Waals surface area contributed by atoms with Crippen LogP contribution in [0.1, 0.15) is 16.7 Å². The summed E-state index contributed by atoms with van der Waals surface area (Å²) in [6, 6.07) is 14.7. The molecule has 2 aromatic rings. The molecule has 7 heteroatoms. The Morgan fingerprint density at radius 3 is 2.61 bits per heavy atom. The monoisotopic (exact) mass is 308 g/mol. The van der Waals surface area contributed by atoms with E-state index in [0.717, 1.165) is 5.56 Å². The van der Waals surface area contributed by atoms with Gasteiger partial charge in [-0.15, -0.1) is 0 Å². The summed E-state index contributed by atoms with van der Waals surface area (Å²) in [4.78, 5) is 22.1. The van der Waals surface area contributed by atoms with Crippen molar-refractivity contribution in [1.29, 1.82) is 5.26 Å². The molecule has 1 N–H and O–H groups in total. The number of hydrogen-bond acceptors (Lipinski definition) is 5. The first-order valence-corrected chi connectivity index (χ1v) is 6.64. The summed E-state index contributed by atoms with van der Waals surface area (Å²) >= 11 is 0. The molecule has 0 spiro atoms. The van der Waals surface area contributed by atoms with E-state index in [1.165, 1.54) is 18.3 Å². The van der Waals surface area contributed by atoms with Gasteiger partial charge >= 0.3 is 0 Å². The van der Waals surface area contributed by atoms with Gasteiger partial charge in [-0.1, -0.05) is 30.3 Å². The Labute approximate surface area is 132 Å². The molecule has 0 aromatic heterocycles. The molecule has 0 saturated heterocycles. The molecule has 1 amide bonds. The average Bonchev–Trinajstić information content (AvgIpc) is 2.56. The first kappa shape index (κ1) is 15.9. The summed E-state index contributed by atoms with van der Waals surface area (Å²) in [5, 5.41) is 23.4. The van der Waals surface area contributed by atoms with Crippen molar-refractivity contribution in [2.24, 2.45) is 5.10 Å². The molecule has 7 nitrogen and oxygen atoms in total. The lowest BCUT2D eigenvalue weighted by molar-refractivity contribution is -0.385. The Balaban J connectivity index is 1.96. The van der Waals surface area contributed by atoms with Crippen LogP contribution < -0.4 is 5.43 Å². The van der Waals surface area contributed by atoms with Crippen molar-refractivity contribution < 1.29 is 9.72 Å². The molecule has 0 heterocycles. The van der Waals surface area contributed by atoms with Crippen LogP contribution in [0.3, 0.4) is 0 Å². The first-order valence-electron chi connectivity index (χ1n) is 6.64. The minimum absolute atomic E-state index is 0.0984. The van der Waals surface area contributed by atoms with Crippen LogP contribution in [-0.2, 0) is 11.2 Å². The molecule has 0 bridgehead atoms. The molecular formula is C16H12N4O3. The van der Waals surface area contributed by atoms with Gasteiger partial charge in [0.2, 0.25) is 5.91 Å². The number of hydrazone groups is 1. The van der Waals surface area contributed by atoms with Gasteiger partial charge in [-0.2, -0.15) is 10.4 Å². The second kappa shape index (κ2) is 7.47. The van der Waals surface area contributed by atoms with E-state index in [4.69, 9.17) is 5.26 Å². The first-order chi connectivity index (χ1) is 11.1. The van der Waals surface area contributed by atoms with Gasteiger partial charge in [-0.05, 0) is 17.7 Å². The summed E-state index contributed by atoms with van der Waals surface area (Å²) in [7, 11) is 0. The van der Waals surface area contributed by atoms with Crippen LogP contribution >= 0.6 is 0 Å². The smallest absolute Gasteiger partial charge is 0.273 e. The highest BCUT2D eigenvalue weighted by Gasteiger charge is 2.14. The Kier molecular flexibility index (Phi) is 5.15. The van der Waals surface area contributed by atoms with Crippen LogP contribution in [0.2, 0.25) is 0 Å². The molecule has 0 atom stereocenters. The van der Waals surface area contributed by atoms with Crippen molar-refractivity contribution in [2.45, 2.75) is 6.42 Å². The van der Waals surface area contributed by atoms with Gasteiger partial charge in [0, 0.05) is 11.6 Å². The zero-order chi connectivity index (χ0) is 16.7. The molecule has 0 aliphatic rings. The number of nitrogens with one attached hydrogen (secondary N) is 1. The van der Waals surface area contributed by atoms with Gasteiger partial charge in [-0.3, -0.25) is 14.9 Å². The summed E-state index contributed by atoms with van der Waals surface area (Å²) < 4.78 is 0. The predicted octanol–water partition coefficient (Wildman–Crippen LogP) is 2.16. The standard InChI is InChI=1S/C16H12N4O3/c17-10-12-5-7-13(8-6-12)11-18-19-16(21)9-14-3-1-2-4-15(14)20(22)23/h1-8,11H,9H2,(H,19,21)/b18-11+. The molecular weight excluding hydrogens is 296 g/mol. The topological polar surface area (TPSA) is 108 Å². The number of nitriles is 1. The number of carbonyl (C=O) groups excluding carboxylic acids is 1. The molecule has 0 aliphatic carbocycles. The third-order valence-corrected chi connectivity index (χ3v) is 2.98. The van der Waals surface area contributed by atoms with E-state index in [1.54, 1.807) is 36.4 Å². The van der Waals surface area contributed by atoms with Crippen LogP contribution in [0.25, 0.3) is 0 Å². The molecule has 114 valence electrons. The average molecular weight is 308 g/mol. The van der Waals surface area contributed by atoms with Crippen molar-refractivity contribution in [1.82, 2.24) is 5.43 Å². The Morgan fingerprint density at radius 2 is 1.96 bits per heavy atom. The maximum absolute atomic E-state index is 11.8. The fourth-order valence-corrected chi connectivity index (χ4v) is 1.87. The maximum Gasteiger partial charge on any atom is 0.273 e. The van der Waals surface area contributed by atoms with E-state index >= 15 is 0 Å². The highest BCUT2D eigenvalue weighted by Crippen LogP contribution is 2.17. The van der Waals surface area contributed by atoms with E-state index in [0.29, 0.717) is 11.1 Å². The van der Waals surface area contributed by atoms with E-state index in [2.05, 4.69) is 10.5 Å². The SMILES string of the molecule is N#Cc1ccc(/C=N/NC(=O)Cc2ccccc2[N+](=O)[O-])cc1. The zero-order valence-corrected chi connectivity index (χ0v) is 12.0. The largest absolute Gasteiger partial charge is 0.273 e. The molecule has 0 unspecified atom stereocenters. The minimum atomic E-state index is -0.525. The third kappa shape index (κ3) is 4.47. The second-order valence-electron chi connectivity index (χ2n) is 4.59. The van der Waals surface area contributed by atoms with Crippen molar-refractivity contribution in [3.8, 4) is 6.07 Å². The van der Waals surface area contributed by atoms with Crippen molar-refractivity contribution in [3.63, 3.8) is 0 Å². The number of hydrogen-bond donors (Lipinski definition) is 1. The molecule has 2 aromatic carbocycles. The number of amides is 1. The summed E-state index contributed by atoms with van der Waals surface area (Å²) in [5.74, 6) is -0.454. The lowest BCUT2D eigenvalue weighted by Crippen LogP contribution is -2.20.